The van der Waals surface area contributed by atoms with Crippen molar-refractivity contribution in [1.29, 1.82) is 0 Å². The van der Waals surface area contributed by atoms with Crippen molar-refractivity contribution in [1.82, 2.24) is 4.98 Å². The summed E-state index contributed by atoms with van der Waals surface area (Å²) in [5.74, 6) is -1.58. The quantitative estimate of drug-likeness (QED) is 0.451. The zero-order valence-electron chi connectivity index (χ0n) is 15.4. The minimum atomic E-state index is -4.48. The first-order valence-electron chi connectivity index (χ1n) is 8.26. The van der Waals surface area contributed by atoms with E-state index >= 15 is 0 Å². The molecular formula is C20H18F3NO4. The number of aromatic amines is 1. The fraction of sp³-hybridized carbons (Fsp3) is 0.250. The number of ether oxygens (including phenoxy) is 1. The number of ketones is 2. The second-order valence-electron chi connectivity index (χ2n) is 6.17. The van der Waals surface area contributed by atoms with E-state index < -0.39 is 30.1 Å². The van der Waals surface area contributed by atoms with E-state index in [9.17, 15) is 27.6 Å². The molecule has 1 aromatic heterocycles. The van der Waals surface area contributed by atoms with Crippen LogP contribution >= 0.6 is 0 Å². The van der Waals surface area contributed by atoms with Crippen molar-refractivity contribution in [3.8, 4) is 0 Å². The van der Waals surface area contributed by atoms with Crippen LogP contribution in [0.15, 0.2) is 30.3 Å². The lowest BCUT2D eigenvalue weighted by molar-refractivity contribution is -0.138. The highest BCUT2D eigenvalue weighted by Gasteiger charge is 2.30. The topological polar surface area (TPSA) is 76.2 Å². The number of hydrogen-bond donors (Lipinski definition) is 1. The van der Waals surface area contributed by atoms with Crippen LogP contribution in [0.5, 0.6) is 0 Å². The molecule has 0 radical (unpaired) electrons. The van der Waals surface area contributed by atoms with Gasteiger partial charge in [-0.1, -0.05) is 12.1 Å². The number of halogens is 3. The highest BCUT2D eigenvalue weighted by atomic mass is 19.4. The van der Waals surface area contributed by atoms with E-state index in [1.54, 1.807) is 13.8 Å². The molecule has 0 atom stereocenters. The number of rotatable bonds is 6. The Kier molecular flexibility index (Phi) is 6.23. The van der Waals surface area contributed by atoms with Crippen LogP contribution in [0.1, 0.15) is 50.2 Å². The molecule has 0 fully saturated rings. The van der Waals surface area contributed by atoms with Gasteiger partial charge in [-0.3, -0.25) is 9.59 Å². The number of nitrogens with one attached hydrogen (secondary N) is 1. The molecule has 0 saturated heterocycles. The second-order valence-corrected chi connectivity index (χ2v) is 6.17. The lowest BCUT2D eigenvalue weighted by Crippen LogP contribution is -2.14. The molecular weight excluding hydrogens is 375 g/mol. The van der Waals surface area contributed by atoms with Crippen LogP contribution in [0.2, 0.25) is 0 Å². The molecule has 28 heavy (non-hydrogen) atoms. The maximum Gasteiger partial charge on any atom is 0.416 e. The molecule has 148 valence electrons. The van der Waals surface area contributed by atoms with Crippen molar-refractivity contribution in [3.63, 3.8) is 0 Å². The number of benzene rings is 1. The first-order chi connectivity index (χ1) is 13.0. The van der Waals surface area contributed by atoms with E-state index in [4.69, 9.17) is 4.74 Å². The van der Waals surface area contributed by atoms with Crippen molar-refractivity contribution >= 4 is 23.6 Å². The zero-order valence-corrected chi connectivity index (χ0v) is 15.4. The van der Waals surface area contributed by atoms with Crippen molar-refractivity contribution in [2.24, 2.45) is 0 Å². The molecule has 0 amide bonds. The summed E-state index contributed by atoms with van der Waals surface area (Å²) in [4.78, 5) is 38.4. The molecule has 1 aromatic carbocycles. The number of carbonyl (C=O) groups is 3. The largest absolute Gasteiger partial charge is 0.454 e. The third-order valence-electron chi connectivity index (χ3n) is 4.04. The van der Waals surface area contributed by atoms with Crippen LogP contribution in [-0.4, -0.2) is 29.1 Å². The third-order valence-corrected chi connectivity index (χ3v) is 4.04. The summed E-state index contributed by atoms with van der Waals surface area (Å²) in [6.07, 6.45) is -2.38. The molecule has 2 rings (SSSR count). The molecule has 0 spiro atoms. The van der Waals surface area contributed by atoms with Crippen molar-refractivity contribution in [2.75, 3.05) is 6.61 Å². The molecule has 0 aliphatic rings. The summed E-state index contributed by atoms with van der Waals surface area (Å²) in [5, 5.41) is 0. The molecule has 0 saturated carbocycles. The summed E-state index contributed by atoms with van der Waals surface area (Å²) in [6.45, 7) is 4.09. The van der Waals surface area contributed by atoms with Gasteiger partial charge in [0.15, 0.2) is 12.4 Å². The van der Waals surface area contributed by atoms with Gasteiger partial charge in [-0.2, -0.15) is 13.2 Å². The van der Waals surface area contributed by atoms with Crippen LogP contribution in [0.4, 0.5) is 13.2 Å². The normalized spacial score (nSPS) is 11.6. The van der Waals surface area contributed by atoms with Crippen molar-refractivity contribution in [2.45, 2.75) is 26.9 Å². The van der Waals surface area contributed by atoms with Crippen molar-refractivity contribution in [3.05, 3.63) is 64.0 Å². The minimum Gasteiger partial charge on any atom is -0.454 e. The maximum absolute atomic E-state index is 12.7. The highest BCUT2D eigenvalue weighted by Crippen LogP contribution is 2.29. The summed E-state index contributed by atoms with van der Waals surface area (Å²) in [5.41, 5.74) is 0.947. The van der Waals surface area contributed by atoms with Gasteiger partial charge in [-0.05, 0) is 50.1 Å². The lowest BCUT2D eigenvalue weighted by atomic mass is 10.1. The van der Waals surface area contributed by atoms with E-state index in [1.807, 2.05) is 0 Å². The fourth-order valence-corrected chi connectivity index (χ4v) is 2.80. The molecule has 1 N–H and O–H groups in total. The predicted octanol–water partition coefficient (Wildman–Crippen LogP) is 4.29. The number of H-pyrrole nitrogens is 1. The fourth-order valence-electron chi connectivity index (χ4n) is 2.80. The highest BCUT2D eigenvalue weighted by molar-refractivity contribution is 6.04. The summed E-state index contributed by atoms with van der Waals surface area (Å²) in [6, 6.07) is 4.44. The Labute approximate surface area is 159 Å². The Bertz CT molecular complexity index is 955. The van der Waals surface area contributed by atoms with Gasteiger partial charge < -0.3 is 9.72 Å². The van der Waals surface area contributed by atoms with Crippen LogP contribution in [0.3, 0.4) is 0 Å². The van der Waals surface area contributed by atoms with Gasteiger partial charge in [0, 0.05) is 17.3 Å². The summed E-state index contributed by atoms with van der Waals surface area (Å²) < 4.78 is 42.9. The van der Waals surface area contributed by atoms with E-state index in [0.717, 1.165) is 18.2 Å². The van der Waals surface area contributed by atoms with Gasteiger partial charge in [0.25, 0.3) is 0 Å². The maximum atomic E-state index is 12.7. The third kappa shape index (κ3) is 4.97. The number of carbonyl (C=O) groups excluding carboxylic acids is 3. The summed E-state index contributed by atoms with van der Waals surface area (Å²) in [7, 11) is 0. The van der Waals surface area contributed by atoms with Crippen LogP contribution < -0.4 is 0 Å². The Hall–Kier alpha value is -3.16. The van der Waals surface area contributed by atoms with Gasteiger partial charge >= 0.3 is 12.1 Å². The number of Topliss-reactive ketones (excluding diaryl/α,β-unsaturated/α-hetero) is 2. The predicted molar refractivity (Wildman–Crippen MR) is 96.0 cm³/mol. The van der Waals surface area contributed by atoms with Crippen LogP contribution in [-0.2, 0) is 15.7 Å². The number of esters is 1. The van der Waals surface area contributed by atoms with E-state index in [1.165, 1.54) is 25.1 Å². The number of aryl methyl sites for hydroxylation is 1. The van der Waals surface area contributed by atoms with Gasteiger partial charge in [-0.25, -0.2) is 4.79 Å². The molecule has 8 heteroatoms. The first-order valence-corrected chi connectivity index (χ1v) is 8.26. The van der Waals surface area contributed by atoms with Crippen molar-refractivity contribution < 1.29 is 32.3 Å². The van der Waals surface area contributed by atoms with Gasteiger partial charge in [0.05, 0.1) is 11.3 Å². The Morgan fingerprint density at radius 2 is 1.86 bits per heavy atom. The molecule has 0 bridgehead atoms. The second kappa shape index (κ2) is 8.24. The monoisotopic (exact) mass is 393 g/mol. The molecule has 2 aromatic rings. The molecule has 1 heterocycles. The Balaban J connectivity index is 2.01. The molecule has 5 nitrogen and oxygen atoms in total. The number of alkyl halides is 3. The molecule has 0 unspecified atom stereocenters. The summed E-state index contributed by atoms with van der Waals surface area (Å²) >= 11 is 0. The molecule has 0 aliphatic carbocycles. The molecule has 0 aliphatic heterocycles. The minimum absolute atomic E-state index is 0.167. The van der Waals surface area contributed by atoms with E-state index in [0.29, 0.717) is 16.8 Å². The first kappa shape index (κ1) is 21.1. The van der Waals surface area contributed by atoms with E-state index in [-0.39, 0.29) is 17.0 Å². The average molecular weight is 393 g/mol. The number of hydrogen-bond acceptors (Lipinski definition) is 4. The lowest BCUT2D eigenvalue weighted by Gasteiger charge is -2.06. The zero-order chi connectivity index (χ0) is 21.1. The van der Waals surface area contributed by atoms with Crippen LogP contribution in [0, 0.1) is 13.8 Å². The SMILES string of the molecule is CC(=O)c1c(C)[nH]c(C(=O)COC(=O)/C=C/c2cccc(C(F)(F)F)c2)c1C. The Morgan fingerprint density at radius 3 is 2.43 bits per heavy atom. The van der Waals surface area contributed by atoms with Gasteiger partial charge in [0.2, 0.25) is 5.78 Å². The average Bonchev–Trinajstić information content (AvgIpc) is 2.92. The van der Waals surface area contributed by atoms with Gasteiger partial charge in [0.1, 0.15) is 0 Å². The van der Waals surface area contributed by atoms with Gasteiger partial charge in [-0.15, -0.1) is 0 Å². The smallest absolute Gasteiger partial charge is 0.416 e. The van der Waals surface area contributed by atoms with E-state index in [2.05, 4.69) is 4.98 Å². The van der Waals surface area contributed by atoms with Crippen LogP contribution in [0.25, 0.3) is 6.08 Å². The number of aromatic nitrogens is 1. The standard InChI is InChI=1S/C20H18F3NO4/c1-11-18(13(3)25)12(2)24-19(11)16(26)10-28-17(27)8-7-14-5-4-6-15(9-14)20(21,22)23/h4-9,24H,10H2,1-3H3/b8-7+. The Morgan fingerprint density at radius 1 is 1.18 bits per heavy atom.